The topological polar surface area (TPSA) is 74.5 Å². The van der Waals surface area contributed by atoms with Crippen LogP contribution in [-0.4, -0.2) is 19.3 Å². The Morgan fingerprint density at radius 1 is 1.13 bits per heavy atom. The zero-order chi connectivity index (χ0) is 16.4. The zero-order valence-electron chi connectivity index (χ0n) is 12.6. The maximum absolute atomic E-state index is 9.56. The van der Waals surface area contributed by atoms with Crippen LogP contribution >= 0.6 is 11.3 Å². The molecule has 0 fully saturated rings. The molecule has 0 amide bonds. The van der Waals surface area contributed by atoms with Gasteiger partial charge in [0, 0.05) is 27.9 Å². The molecule has 2 N–H and O–H groups in total. The molecule has 0 aliphatic rings. The lowest BCUT2D eigenvalue weighted by atomic mass is 10.1. The second-order valence-corrected chi connectivity index (χ2v) is 5.85. The number of nitrogens with zero attached hydrogens (tertiary/aromatic N) is 1. The Morgan fingerprint density at radius 3 is 2.52 bits per heavy atom. The van der Waals surface area contributed by atoms with Crippen LogP contribution in [0.3, 0.4) is 0 Å². The second-order valence-electron chi connectivity index (χ2n) is 4.80. The predicted molar refractivity (Wildman–Crippen MR) is 91.0 cm³/mol. The van der Waals surface area contributed by atoms with Gasteiger partial charge < -0.3 is 19.9 Å². The highest BCUT2D eigenvalue weighted by Gasteiger charge is 2.16. The molecule has 23 heavy (non-hydrogen) atoms. The average Bonchev–Trinajstić information content (AvgIpc) is 2.89. The lowest BCUT2D eigenvalue weighted by Gasteiger charge is -2.06. The van der Waals surface area contributed by atoms with Crippen molar-refractivity contribution < 1.29 is 14.6 Å². The van der Waals surface area contributed by atoms with E-state index in [0.717, 1.165) is 10.1 Å². The van der Waals surface area contributed by atoms with E-state index < -0.39 is 0 Å². The summed E-state index contributed by atoms with van der Waals surface area (Å²) in [4.78, 5) is 0. The maximum atomic E-state index is 9.56. The Kier molecular flexibility index (Phi) is 3.96. The first-order chi connectivity index (χ1) is 11.2. The fourth-order valence-electron chi connectivity index (χ4n) is 2.34. The summed E-state index contributed by atoms with van der Waals surface area (Å²) in [5.74, 6) is 1.37. The van der Waals surface area contributed by atoms with Gasteiger partial charge in [0.05, 0.1) is 19.8 Å². The SMILES string of the molecule is COc1cc2sc(Nc3cccc(O)c3)c(C#N)c2cc1OC. The van der Waals surface area contributed by atoms with Crippen LogP contribution in [0.4, 0.5) is 10.7 Å². The van der Waals surface area contributed by atoms with Gasteiger partial charge in [-0.3, -0.25) is 0 Å². The molecule has 3 rings (SSSR count). The molecule has 6 heteroatoms. The quantitative estimate of drug-likeness (QED) is 0.750. The van der Waals surface area contributed by atoms with Crippen molar-refractivity contribution in [1.29, 1.82) is 5.26 Å². The summed E-state index contributed by atoms with van der Waals surface area (Å²) in [6, 6.07) is 12.7. The number of rotatable bonds is 4. The van der Waals surface area contributed by atoms with E-state index in [1.807, 2.05) is 12.1 Å². The average molecular weight is 326 g/mol. The van der Waals surface area contributed by atoms with Crippen molar-refractivity contribution in [3.8, 4) is 23.3 Å². The van der Waals surface area contributed by atoms with Crippen molar-refractivity contribution in [2.75, 3.05) is 19.5 Å². The number of nitriles is 1. The Balaban J connectivity index is 2.12. The number of hydrogen-bond donors (Lipinski definition) is 2. The minimum absolute atomic E-state index is 0.165. The fourth-order valence-corrected chi connectivity index (χ4v) is 3.42. The van der Waals surface area contributed by atoms with Crippen LogP contribution in [0.15, 0.2) is 36.4 Å². The van der Waals surface area contributed by atoms with Crippen LogP contribution < -0.4 is 14.8 Å². The van der Waals surface area contributed by atoms with Crippen molar-refractivity contribution in [3.05, 3.63) is 42.0 Å². The molecule has 3 aromatic rings. The molecule has 2 aromatic carbocycles. The van der Waals surface area contributed by atoms with Gasteiger partial charge in [0.25, 0.3) is 0 Å². The summed E-state index contributed by atoms with van der Waals surface area (Å²) in [6.45, 7) is 0. The number of ether oxygens (including phenoxy) is 2. The van der Waals surface area contributed by atoms with Crippen molar-refractivity contribution in [2.24, 2.45) is 0 Å². The lowest BCUT2D eigenvalue weighted by Crippen LogP contribution is -1.90. The molecule has 0 saturated carbocycles. The summed E-state index contributed by atoms with van der Waals surface area (Å²) in [5, 5.41) is 23.8. The summed E-state index contributed by atoms with van der Waals surface area (Å²) in [6.07, 6.45) is 0. The van der Waals surface area contributed by atoms with Gasteiger partial charge in [-0.2, -0.15) is 5.26 Å². The third-order valence-corrected chi connectivity index (χ3v) is 4.48. The molecular formula is C17H14N2O3S. The number of phenols is 1. The number of methoxy groups -OCH3 is 2. The lowest BCUT2D eigenvalue weighted by molar-refractivity contribution is 0.356. The molecule has 1 aromatic heterocycles. The van der Waals surface area contributed by atoms with E-state index in [0.29, 0.717) is 27.8 Å². The van der Waals surface area contributed by atoms with Crippen LogP contribution in [0, 0.1) is 11.3 Å². The van der Waals surface area contributed by atoms with Crippen LogP contribution in [0.2, 0.25) is 0 Å². The standard InChI is InChI=1S/C17H14N2O3S/c1-21-14-7-12-13(9-18)17(23-16(12)8-15(14)22-2)19-10-4-3-5-11(20)6-10/h3-8,19-20H,1-2H3. The first kappa shape index (κ1) is 15.0. The number of thiophene rings is 1. The Morgan fingerprint density at radius 2 is 1.87 bits per heavy atom. The molecule has 116 valence electrons. The van der Waals surface area contributed by atoms with Gasteiger partial charge >= 0.3 is 0 Å². The monoisotopic (exact) mass is 326 g/mol. The van der Waals surface area contributed by atoms with Gasteiger partial charge in [0.2, 0.25) is 0 Å². The first-order valence-electron chi connectivity index (χ1n) is 6.81. The van der Waals surface area contributed by atoms with Crippen LogP contribution in [0.5, 0.6) is 17.2 Å². The van der Waals surface area contributed by atoms with Crippen LogP contribution in [-0.2, 0) is 0 Å². The van der Waals surface area contributed by atoms with E-state index >= 15 is 0 Å². The van der Waals surface area contributed by atoms with E-state index in [1.165, 1.54) is 11.3 Å². The molecule has 0 spiro atoms. The smallest absolute Gasteiger partial charge is 0.162 e. The molecule has 0 radical (unpaired) electrons. The minimum Gasteiger partial charge on any atom is -0.508 e. The van der Waals surface area contributed by atoms with Gasteiger partial charge in [-0.25, -0.2) is 0 Å². The van der Waals surface area contributed by atoms with E-state index in [-0.39, 0.29) is 5.75 Å². The third-order valence-electron chi connectivity index (χ3n) is 3.41. The molecule has 0 aliphatic carbocycles. The Labute approximate surface area is 137 Å². The van der Waals surface area contributed by atoms with Gasteiger partial charge in [0.1, 0.15) is 16.8 Å². The van der Waals surface area contributed by atoms with E-state index in [1.54, 1.807) is 38.5 Å². The molecule has 1 heterocycles. The molecule has 0 saturated heterocycles. The van der Waals surface area contributed by atoms with Crippen LogP contribution in [0.1, 0.15) is 5.56 Å². The van der Waals surface area contributed by atoms with Crippen molar-refractivity contribution in [3.63, 3.8) is 0 Å². The number of hydrogen-bond acceptors (Lipinski definition) is 6. The van der Waals surface area contributed by atoms with Crippen molar-refractivity contribution in [2.45, 2.75) is 0 Å². The van der Waals surface area contributed by atoms with Crippen molar-refractivity contribution >= 4 is 32.1 Å². The van der Waals surface area contributed by atoms with E-state index in [9.17, 15) is 10.4 Å². The number of aromatic hydroxyl groups is 1. The highest BCUT2D eigenvalue weighted by molar-refractivity contribution is 7.23. The van der Waals surface area contributed by atoms with Gasteiger partial charge in [-0.05, 0) is 18.2 Å². The minimum atomic E-state index is 0.165. The summed E-state index contributed by atoms with van der Waals surface area (Å²) in [5.41, 5.74) is 1.25. The molecule has 0 bridgehead atoms. The Hall–Kier alpha value is -2.91. The number of phenolic OH excluding ortho intramolecular Hbond substituents is 1. The fraction of sp³-hybridized carbons (Fsp3) is 0.118. The maximum Gasteiger partial charge on any atom is 0.162 e. The summed E-state index contributed by atoms with van der Waals surface area (Å²) >= 11 is 1.45. The molecule has 0 aliphatic heterocycles. The largest absolute Gasteiger partial charge is 0.508 e. The van der Waals surface area contributed by atoms with E-state index in [2.05, 4.69) is 11.4 Å². The summed E-state index contributed by atoms with van der Waals surface area (Å²) in [7, 11) is 3.14. The predicted octanol–water partition coefficient (Wildman–Crippen LogP) is 4.24. The van der Waals surface area contributed by atoms with E-state index in [4.69, 9.17) is 9.47 Å². The normalized spacial score (nSPS) is 10.3. The number of benzene rings is 2. The third kappa shape index (κ3) is 2.74. The van der Waals surface area contributed by atoms with Crippen molar-refractivity contribution in [1.82, 2.24) is 0 Å². The van der Waals surface area contributed by atoms with Crippen LogP contribution in [0.25, 0.3) is 10.1 Å². The highest BCUT2D eigenvalue weighted by Crippen LogP contribution is 2.42. The Bertz CT molecular complexity index is 912. The van der Waals surface area contributed by atoms with Gasteiger partial charge in [0.15, 0.2) is 11.5 Å². The molecule has 0 unspecified atom stereocenters. The highest BCUT2D eigenvalue weighted by atomic mass is 32.1. The molecule has 5 nitrogen and oxygen atoms in total. The first-order valence-corrected chi connectivity index (χ1v) is 7.62. The number of anilines is 2. The van der Waals surface area contributed by atoms with Gasteiger partial charge in [-0.1, -0.05) is 6.07 Å². The second kappa shape index (κ2) is 6.07. The number of fused-ring (bicyclic) bond motifs is 1. The molecule has 0 atom stereocenters. The zero-order valence-corrected chi connectivity index (χ0v) is 13.4. The molecular weight excluding hydrogens is 312 g/mol. The van der Waals surface area contributed by atoms with Gasteiger partial charge in [-0.15, -0.1) is 11.3 Å². The number of nitrogens with one attached hydrogen (secondary N) is 1. The summed E-state index contributed by atoms with van der Waals surface area (Å²) < 4.78 is 11.5.